The number of benzene rings is 2. The molecule has 0 aliphatic heterocycles. The Labute approximate surface area is 129 Å². The molecular weight excluding hydrogens is 286 g/mol. The van der Waals surface area contributed by atoms with Crippen molar-refractivity contribution >= 4 is 11.6 Å². The molecule has 1 aliphatic carbocycles. The van der Waals surface area contributed by atoms with Crippen molar-refractivity contribution in [3.8, 4) is 11.5 Å². The van der Waals surface area contributed by atoms with Gasteiger partial charge < -0.3 is 15.2 Å². The molecule has 110 valence electrons. The smallest absolute Gasteiger partial charge is 0.133 e. The molecule has 1 fully saturated rings. The first kappa shape index (κ1) is 14.4. The number of hydrogen-bond donors (Lipinski definition) is 2. The van der Waals surface area contributed by atoms with Crippen LogP contribution in [0, 0.1) is 0 Å². The molecule has 0 amide bonds. The summed E-state index contributed by atoms with van der Waals surface area (Å²) in [6.07, 6.45) is 2.48. The minimum absolute atomic E-state index is 0.0357. The van der Waals surface area contributed by atoms with Crippen LogP contribution in [0.25, 0.3) is 0 Å². The number of aliphatic hydroxyl groups excluding tert-OH is 1. The third-order valence-electron chi connectivity index (χ3n) is 3.55. The lowest BCUT2D eigenvalue weighted by molar-refractivity contribution is 0.281. The van der Waals surface area contributed by atoms with Crippen LogP contribution in [0.2, 0.25) is 5.02 Å². The molecule has 3 rings (SSSR count). The molecule has 3 nitrogen and oxygen atoms in total. The summed E-state index contributed by atoms with van der Waals surface area (Å²) in [6.45, 7) is 0.752. The summed E-state index contributed by atoms with van der Waals surface area (Å²) in [5.41, 5.74) is 1.85. The summed E-state index contributed by atoms with van der Waals surface area (Å²) in [6, 6.07) is 13.7. The summed E-state index contributed by atoms with van der Waals surface area (Å²) in [7, 11) is 0. The molecule has 0 unspecified atom stereocenters. The van der Waals surface area contributed by atoms with Crippen LogP contribution < -0.4 is 10.1 Å². The van der Waals surface area contributed by atoms with E-state index in [4.69, 9.17) is 21.4 Å². The monoisotopic (exact) mass is 303 g/mol. The zero-order valence-electron chi connectivity index (χ0n) is 11.7. The van der Waals surface area contributed by atoms with E-state index in [-0.39, 0.29) is 6.61 Å². The van der Waals surface area contributed by atoms with Gasteiger partial charge in [-0.05, 0) is 42.7 Å². The summed E-state index contributed by atoms with van der Waals surface area (Å²) in [5, 5.41) is 13.2. The number of hydrogen-bond acceptors (Lipinski definition) is 3. The third kappa shape index (κ3) is 3.76. The Balaban J connectivity index is 1.77. The second-order valence-electron chi connectivity index (χ2n) is 5.28. The third-order valence-corrected chi connectivity index (χ3v) is 3.91. The van der Waals surface area contributed by atoms with Crippen LogP contribution in [0.4, 0.5) is 0 Å². The van der Waals surface area contributed by atoms with Gasteiger partial charge in [-0.25, -0.2) is 0 Å². The average molecular weight is 304 g/mol. The maximum atomic E-state index is 9.06. The molecule has 1 aliphatic rings. The lowest BCUT2D eigenvalue weighted by Gasteiger charge is -2.13. The normalized spacial score (nSPS) is 14.2. The highest BCUT2D eigenvalue weighted by Gasteiger charge is 2.21. The predicted octanol–water partition coefficient (Wildman–Crippen LogP) is 3.88. The molecule has 0 bridgehead atoms. The standard InChI is InChI=1S/C17H18ClNO2/c18-16-2-1-3-17(15(16)10-19-13-6-7-13)21-14-8-4-12(11-20)5-9-14/h1-5,8-9,13,19-20H,6-7,10-11H2. The van der Waals surface area contributed by atoms with Crippen LogP contribution in [0.3, 0.4) is 0 Å². The zero-order valence-corrected chi connectivity index (χ0v) is 12.4. The van der Waals surface area contributed by atoms with E-state index in [1.165, 1.54) is 12.8 Å². The van der Waals surface area contributed by atoms with E-state index < -0.39 is 0 Å². The molecular formula is C17H18ClNO2. The van der Waals surface area contributed by atoms with E-state index in [1.54, 1.807) is 0 Å². The van der Waals surface area contributed by atoms with E-state index in [0.717, 1.165) is 22.6 Å². The number of ether oxygens (including phenoxy) is 1. The Morgan fingerprint density at radius 3 is 2.57 bits per heavy atom. The van der Waals surface area contributed by atoms with Gasteiger partial charge in [-0.1, -0.05) is 29.8 Å². The zero-order chi connectivity index (χ0) is 14.7. The van der Waals surface area contributed by atoms with Gasteiger partial charge in [0, 0.05) is 23.2 Å². The average Bonchev–Trinajstić information content (AvgIpc) is 3.32. The van der Waals surface area contributed by atoms with Crippen LogP contribution in [-0.4, -0.2) is 11.1 Å². The second-order valence-corrected chi connectivity index (χ2v) is 5.68. The minimum Gasteiger partial charge on any atom is -0.457 e. The van der Waals surface area contributed by atoms with E-state index in [1.807, 2.05) is 42.5 Å². The Bertz CT molecular complexity index is 609. The lowest BCUT2D eigenvalue weighted by Crippen LogP contribution is -2.16. The Morgan fingerprint density at radius 1 is 1.14 bits per heavy atom. The first-order valence-corrected chi connectivity index (χ1v) is 7.52. The van der Waals surface area contributed by atoms with E-state index in [0.29, 0.717) is 17.6 Å². The van der Waals surface area contributed by atoms with Gasteiger partial charge in [0.1, 0.15) is 11.5 Å². The highest BCUT2D eigenvalue weighted by Crippen LogP contribution is 2.31. The van der Waals surface area contributed by atoms with Crippen molar-refractivity contribution in [1.29, 1.82) is 0 Å². The van der Waals surface area contributed by atoms with Crippen molar-refractivity contribution in [1.82, 2.24) is 5.32 Å². The van der Waals surface area contributed by atoms with Crippen LogP contribution in [-0.2, 0) is 13.2 Å². The molecule has 0 aromatic heterocycles. The highest BCUT2D eigenvalue weighted by atomic mass is 35.5. The largest absolute Gasteiger partial charge is 0.457 e. The summed E-state index contributed by atoms with van der Waals surface area (Å²) in [5.74, 6) is 1.51. The lowest BCUT2D eigenvalue weighted by atomic mass is 10.2. The van der Waals surface area contributed by atoms with Gasteiger partial charge in [-0.2, -0.15) is 0 Å². The van der Waals surface area contributed by atoms with Gasteiger partial charge in [-0.3, -0.25) is 0 Å². The SMILES string of the molecule is OCc1ccc(Oc2cccc(Cl)c2CNC2CC2)cc1. The first-order chi connectivity index (χ1) is 10.3. The van der Waals surface area contributed by atoms with Gasteiger partial charge in [0.25, 0.3) is 0 Å². The molecule has 0 radical (unpaired) electrons. The van der Waals surface area contributed by atoms with Gasteiger partial charge in [0.2, 0.25) is 0 Å². The molecule has 2 aromatic carbocycles. The number of nitrogens with one attached hydrogen (secondary N) is 1. The Hall–Kier alpha value is -1.55. The number of halogens is 1. The van der Waals surface area contributed by atoms with Gasteiger partial charge in [0.15, 0.2) is 0 Å². The van der Waals surface area contributed by atoms with E-state index >= 15 is 0 Å². The molecule has 0 heterocycles. The summed E-state index contributed by atoms with van der Waals surface area (Å²) < 4.78 is 5.94. The summed E-state index contributed by atoms with van der Waals surface area (Å²) >= 11 is 6.29. The topological polar surface area (TPSA) is 41.5 Å². The fourth-order valence-electron chi connectivity index (χ4n) is 2.13. The molecule has 2 aromatic rings. The van der Waals surface area contributed by atoms with Crippen LogP contribution in [0.15, 0.2) is 42.5 Å². The molecule has 21 heavy (non-hydrogen) atoms. The van der Waals surface area contributed by atoms with Crippen molar-refractivity contribution in [2.75, 3.05) is 0 Å². The molecule has 2 N–H and O–H groups in total. The fourth-order valence-corrected chi connectivity index (χ4v) is 2.36. The van der Waals surface area contributed by atoms with Crippen molar-refractivity contribution in [2.24, 2.45) is 0 Å². The van der Waals surface area contributed by atoms with Crippen LogP contribution in [0.1, 0.15) is 24.0 Å². The Kier molecular flexibility index (Phi) is 4.44. The molecule has 1 saturated carbocycles. The minimum atomic E-state index is 0.0357. The van der Waals surface area contributed by atoms with Gasteiger partial charge >= 0.3 is 0 Å². The van der Waals surface area contributed by atoms with Gasteiger partial charge in [0.05, 0.1) is 6.61 Å². The van der Waals surface area contributed by atoms with Crippen LogP contribution >= 0.6 is 11.6 Å². The first-order valence-electron chi connectivity index (χ1n) is 7.14. The fraction of sp³-hybridized carbons (Fsp3) is 0.294. The molecule has 0 atom stereocenters. The quantitative estimate of drug-likeness (QED) is 0.851. The van der Waals surface area contributed by atoms with Crippen LogP contribution in [0.5, 0.6) is 11.5 Å². The number of aliphatic hydroxyl groups is 1. The van der Waals surface area contributed by atoms with Crippen molar-refractivity contribution in [3.63, 3.8) is 0 Å². The number of rotatable bonds is 6. The molecule has 4 heteroatoms. The van der Waals surface area contributed by atoms with Gasteiger partial charge in [-0.15, -0.1) is 0 Å². The molecule has 0 spiro atoms. The van der Waals surface area contributed by atoms with Crippen molar-refractivity contribution < 1.29 is 9.84 Å². The van der Waals surface area contributed by atoms with E-state index in [9.17, 15) is 0 Å². The Morgan fingerprint density at radius 2 is 1.90 bits per heavy atom. The maximum Gasteiger partial charge on any atom is 0.133 e. The van der Waals surface area contributed by atoms with E-state index in [2.05, 4.69) is 5.32 Å². The predicted molar refractivity (Wildman–Crippen MR) is 83.8 cm³/mol. The summed E-state index contributed by atoms with van der Waals surface area (Å²) in [4.78, 5) is 0. The van der Waals surface area contributed by atoms with Crippen molar-refractivity contribution in [2.45, 2.75) is 32.0 Å². The van der Waals surface area contributed by atoms with Crippen molar-refractivity contribution in [3.05, 3.63) is 58.6 Å². The molecule has 0 saturated heterocycles. The second kappa shape index (κ2) is 6.48. The maximum absolute atomic E-state index is 9.06. The highest BCUT2D eigenvalue weighted by molar-refractivity contribution is 6.31.